The maximum Gasteiger partial charge on any atom is 0.248 e. The van der Waals surface area contributed by atoms with Gasteiger partial charge in [0.15, 0.2) is 0 Å². The van der Waals surface area contributed by atoms with E-state index >= 15 is 0 Å². The number of hydrogen-bond donors (Lipinski definition) is 2. The van der Waals surface area contributed by atoms with E-state index in [9.17, 15) is 9.18 Å². The van der Waals surface area contributed by atoms with Gasteiger partial charge in [0.1, 0.15) is 5.82 Å². The molecule has 2 rings (SSSR count). The summed E-state index contributed by atoms with van der Waals surface area (Å²) in [5.74, 6) is -0.498. The molecule has 1 aromatic rings. The first-order valence-electron chi connectivity index (χ1n) is 6.38. The minimum Gasteiger partial charge on any atom is -0.383 e. The third kappa shape index (κ3) is 3.23. The lowest BCUT2D eigenvalue weighted by Gasteiger charge is -2.20. The van der Waals surface area contributed by atoms with Crippen LogP contribution in [-0.4, -0.2) is 25.7 Å². The van der Waals surface area contributed by atoms with Crippen molar-refractivity contribution in [2.75, 3.05) is 19.0 Å². The predicted molar refractivity (Wildman–Crippen MR) is 71.7 cm³/mol. The van der Waals surface area contributed by atoms with E-state index in [-0.39, 0.29) is 11.6 Å². The number of carbonyl (C=O) groups excluding carboxylic acids is 1. The van der Waals surface area contributed by atoms with E-state index < -0.39 is 11.7 Å². The van der Waals surface area contributed by atoms with Crippen LogP contribution in [0.1, 0.15) is 28.8 Å². The Kier molecular flexibility index (Phi) is 4.04. The summed E-state index contributed by atoms with van der Waals surface area (Å²) in [5, 5.41) is 3.27. The van der Waals surface area contributed by atoms with Gasteiger partial charge in [-0.25, -0.2) is 4.39 Å². The third-order valence-electron chi connectivity index (χ3n) is 3.51. The van der Waals surface area contributed by atoms with Crippen molar-refractivity contribution >= 4 is 11.6 Å². The van der Waals surface area contributed by atoms with Crippen molar-refractivity contribution in [2.45, 2.75) is 25.8 Å². The van der Waals surface area contributed by atoms with E-state index in [4.69, 9.17) is 10.5 Å². The molecule has 1 aliphatic carbocycles. The number of rotatable bonds is 6. The monoisotopic (exact) mass is 266 g/mol. The number of primary amides is 1. The molecular weight excluding hydrogens is 247 g/mol. The van der Waals surface area contributed by atoms with Gasteiger partial charge >= 0.3 is 0 Å². The smallest absolute Gasteiger partial charge is 0.248 e. The van der Waals surface area contributed by atoms with E-state index in [0.29, 0.717) is 23.8 Å². The number of halogens is 1. The van der Waals surface area contributed by atoms with E-state index in [0.717, 1.165) is 12.8 Å². The Labute approximate surface area is 112 Å². The average molecular weight is 266 g/mol. The number of benzene rings is 1. The maximum atomic E-state index is 13.8. The summed E-state index contributed by atoms with van der Waals surface area (Å²) in [5.41, 5.74) is 6.49. The first kappa shape index (κ1) is 13.8. The highest BCUT2D eigenvalue weighted by Crippen LogP contribution is 2.35. The van der Waals surface area contributed by atoms with E-state index in [1.54, 1.807) is 20.1 Å². The highest BCUT2D eigenvalue weighted by atomic mass is 19.1. The van der Waals surface area contributed by atoms with Crippen molar-refractivity contribution in [3.63, 3.8) is 0 Å². The lowest BCUT2D eigenvalue weighted by molar-refractivity contribution is 0.1000. The predicted octanol–water partition coefficient (Wildman–Crippen LogP) is 2.07. The lowest BCUT2D eigenvalue weighted by atomic mass is 10.1. The van der Waals surface area contributed by atoms with Gasteiger partial charge in [-0.1, -0.05) is 0 Å². The normalized spacial score (nSPS) is 16.2. The molecule has 0 radical (unpaired) electrons. The van der Waals surface area contributed by atoms with Crippen LogP contribution in [0.25, 0.3) is 0 Å². The molecule has 0 spiro atoms. The summed E-state index contributed by atoms with van der Waals surface area (Å²) >= 11 is 0. The van der Waals surface area contributed by atoms with Crippen molar-refractivity contribution < 1.29 is 13.9 Å². The second kappa shape index (κ2) is 5.57. The fraction of sp³-hybridized carbons (Fsp3) is 0.500. The number of nitrogens with one attached hydrogen (secondary N) is 1. The molecule has 0 aliphatic heterocycles. The molecule has 0 aromatic heterocycles. The van der Waals surface area contributed by atoms with E-state index in [1.165, 1.54) is 6.07 Å². The highest BCUT2D eigenvalue weighted by molar-refractivity contribution is 5.94. The average Bonchev–Trinajstić information content (AvgIpc) is 3.17. The van der Waals surface area contributed by atoms with Crippen LogP contribution in [0.4, 0.5) is 10.1 Å². The zero-order valence-corrected chi connectivity index (χ0v) is 11.2. The molecule has 1 fully saturated rings. The molecule has 5 heteroatoms. The first-order chi connectivity index (χ1) is 9.02. The number of methoxy groups -OCH3 is 1. The molecule has 0 bridgehead atoms. The van der Waals surface area contributed by atoms with Gasteiger partial charge in [-0.2, -0.15) is 0 Å². The fourth-order valence-corrected chi connectivity index (χ4v) is 2.14. The van der Waals surface area contributed by atoms with Crippen LogP contribution < -0.4 is 11.1 Å². The van der Waals surface area contributed by atoms with E-state index in [2.05, 4.69) is 5.32 Å². The number of amides is 1. The highest BCUT2D eigenvalue weighted by Gasteiger charge is 2.31. The molecule has 3 N–H and O–H groups in total. The Morgan fingerprint density at radius 3 is 2.79 bits per heavy atom. The van der Waals surface area contributed by atoms with Crippen molar-refractivity contribution in [3.8, 4) is 0 Å². The van der Waals surface area contributed by atoms with Crippen molar-refractivity contribution in [3.05, 3.63) is 29.1 Å². The molecule has 1 saturated carbocycles. The second-order valence-corrected chi connectivity index (χ2v) is 5.04. The second-order valence-electron chi connectivity index (χ2n) is 5.04. The van der Waals surface area contributed by atoms with Gasteiger partial charge in [-0.3, -0.25) is 4.79 Å². The standard InChI is InChI=1S/C14H19FN2O2/c1-8-11(15)5-10(14(16)18)6-12(8)17-13(7-19-2)9-3-4-9/h5-6,9,13,17H,3-4,7H2,1-2H3,(H2,16,18). The topological polar surface area (TPSA) is 64.3 Å². The molecule has 104 valence electrons. The van der Waals surface area contributed by atoms with Crippen LogP contribution in [0.2, 0.25) is 0 Å². The summed E-state index contributed by atoms with van der Waals surface area (Å²) in [4.78, 5) is 11.2. The van der Waals surface area contributed by atoms with Crippen molar-refractivity contribution in [1.82, 2.24) is 0 Å². The van der Waals surface area contributed by atoms with Crippen LogP contribution >= 0.6 is 0 Å². The SMILES string of the molecule is COCC(Nc1cc(C(N)=O)cc(F)c1C)C1CC1. The Morgan fingerprint density at radius 2 is 2.26 bits per heavy atom. The largest absolute Gasteiger partial charge is 0.383 e. The van der Waals surface area contributed by atoms with Gasteiger partial charge in [0, 0.05) is 23.9 Å². The van der Waals surface area contributed by atoms with Crippen molar-refractivity contribution in [1.29, 1.82) is 0 Å². The van der Waals surface area contributed by atoms with Gasteiger partial charge in [-0.05, 0) is 37.8 Å². The minimum atomic E-state index is -0.628. The van der Waals surface area contributed by atoms with Crippen LogP contribution in [0.5, 0.6) is 0 Å². The number of ether oxygens (including phenoxy) is 1. The van der Waals surface area contributed by atoms with Gasteiger partial charge < -0.3 is 15.8 Å². The Bertz CT molecular complexity index is 487. The van der Waals surface area contributed by atoms with E-state index in [1.807, 2.05) is 0 Å². The maximum absolute atomic E-state index is 13.8. The Hall–Kier alpha value is -1.62. The molecular formula is C14H19FN2O2. The first-order valence-corrected chi connectivity index (χ1v) is 6.38. The zero-order chi connectivity index (χ0) is 14.0. The lowest BCUT2D eigenvalue weighted by Crippen LogP contribution is -2.28. The van der Waals surface area contributed by atoms with Crippen molar-refractivity contribution in [2.24, 2.45) is 11.7 Å². The third-order valence-corrected chi connectivity index (χ3v) is 3.51. The van der Waals surface area contributed by atoms with Gasteiger partial charge in [0.2, 0.25) is 5.91 Å². The molecule has 0 saturated heterocycles. The minimum absolute atomic E-state index is 0.145. The number of carbonyl (C=O) groups is 1. The van der Waals surface area contributed by atoms with Crippen LogP contribution in [-0.2, 0) is 4.74 Å². The number of hydrogen-bond acceptors (Lipinski definition) is 3. The molecule has 1 aromatic carbocycles. The van der Waals surface area contributed by atoms with Gasteiger partial charge in [0.25, 0.3) is 0 Å². The fourth-order valence-electron chi connectivity index (χ4n) is 2.14. The summed E-state index contributed by atoms with van der Waals surface area (Å²) < 4.78 is 19.0. The Balaban J connectivity index is 2.24. The van der Waals surface area contributed by atoms with Gasteiger partial charge in [0.05, 0.1) is 12.6 Å². The summed E-state index contributed by atoms with van der Waals surface area (Å²) in [6.07, 6.45) is 2.30. The summed E-state index contributed by atoms with van der Waals surface area (Å²) in [6.45, 7) is 2.24. The summed E-state index contributed by atoms with van der Waals surface area (Å²) in [7, 11) is 1.64. The quantitative estimate of drug-likeness (QED) is 0.828. The van der Waals surface area contributed by atoms with Gasteiger partial charge in [-0.15, -0.1) is 0 Å². The van der Waals surface area contributed by atoms with Crippen LogP contribution in [0.3, 0.4) is 0 Å². The number of nitrogens with two attached hydrogens (primary N) is 1. The molecule has 1 atom stereocenters. The molecule has 1 amide bonds. The molecule has 4 nitrogen and oxygen atoms in total. The molecule has 1 unspecified atom stereocenters. The van der Waals surface area contributed by atoms with Crippen LogP contribution in [0.15, 0.2) is 12.1 Å². The summed E-state index contributed by atoms with van der Waals surface area (Å²) in [6, 6.07) is 2.92. The Morgan fingerprint density at radius 1 is 1.58 bits per heavy atom. The molecule has 0 heterocycles. The zero-order valence-electron chi connectivity index (χ0n) is 11.2. The molecule has 19 heavy (non-hydrogen) atoms. The molecule has 1 aliphatic rings. The number of anilines is 1. The van der Waals surface area contributed by atoms with Crippen LogP contribution in [0, 0.1) is 18.7 Å².